The monoisotopic (exact) mass is 584 g/mol. The van der Waals surface area contributed by atoms with Gasteiger partial charge >= 0.3 is 0 Å². The van der Waals surface area contributed by atoms with Crippen molar-refractivity contribution < 1.29 is 13.2 Å². The van der Waals surface area contributed by atoms with Gasteiger partial charge in [0.05, 0.1) is 27.4 Å². The molecule has 0 N–H and O–H groups in total. The van der Waals surface area contributed by atoms with E-state index in [1.165, 1.54) is 27.8 Å². The van der Waals surface area contributed by atoms with Gasteiger partial charge in [0.15, 0.2) is 5.13 Å². The van der Waals surface area contributed by atoms with Crippen molar-refractivity contribution in [2.45, 2.75) is 44.7 Å². The number of carbonyl (C=O) groups excluding carboxylic acids is 1. The second-order valence-electron chi connectivity index (χ2n) is 10.00. The van der Waals surface area contributed by atoms with Crippen molar-refractivity contribution in [2.24, 2.45) is 0 Å². The molecule has 0 radical (unpaired) electrons. The summed E-state index contributed by atoms with van der Waals surface area (Å²) < 4.78 is 29.3. The smallest absolute Gasteiger partial charge is 0.260 e. The molecule has 0 fully saturated rings. The lowest BCUT2D eigenvalue weighted by Gasteiger charge is -2.22. The number of para-hydroxylation sites is 1. The zero-order valence-corrected chi connectivity index (χ0v) is 24.9. The van der Waals surface area contributed by atoms with Crippen LogP contribution in [0.2, 0.25) is 0 Å². The van der Waals surface area contributed by atoms with Crippen molar-refractivity contribution in [3.05, 3.63) is 120 Å². The standard InChI is InChI=1S/C32H32N4O3S2/c1-4-35(21-24-11-6-5-7-12-24)41(38,39)27-18-16-25(17-19-27)31(37)36(22-26-13-8-9-20-33-26)32-34-30-28(23(2)3)14-10-15-29(30)40-32/h5-20,23H,4,21-22H2,1-3H3. The number of fused-ring (bicyclic) bond motifs is 1. The first-order valence-electron chi connectivity index (χ1n) is 13.5. The third-order valence-electron chi connectivity index (χ3n) is 6.88. The molecule has 0 spiro atoms. The molecule has 210 valence electrons. The number of amides is 1. The van der Waals surface area contributed by atoms with Crippen molar-refractivity contribution in [1.82, 2.24) is 14.3 Å². The molecule has 0 atom stereocenters. The molecule has 1 amide bonds. The van der Waals surface area contributed by atoms with Gasteiger partial charge in [0.2, 0.25) is 10.0 Å². The minimum Gasteiger partial charge on any atom is -0.278 e. The highest BCUT2D eigenvalue weighted by Crippen LogP contribution is 2.35. The minimum atomic E-state index is -3.75. The largest absolute Gasteiger partial charge is 0.278 e. The fraction of sp³-hybridized carbons (Fsp3) is 0.219. The molecule has 0 saturated carbocycles. The molecule has 0 unspecified atom stereocenters. The number of anilines is 1. The van der Waals surface area contributed by atoms with E-state index in [-0.39, 0.29) is 29.8 Å². The Morgan fingerprint density at radius 3 is 2.27 bits per heavy atom. The zero-order chi connectivity index (χ0) is 29.0. The Bertz CT molecular complexity index is 1740. The van der Waals surface area contributed by atoms with E-state index in [9.17, 15) is 13.2 Å². The quantitative estimate of drug-likeness (QED) is 0.179. The van der Waals surface area contributed by atoms with Crippen LogP contribution in [-0.2, 0) is 23.1 Å². The normalized spacial score (nSPS) is 11.8. The Balaban J connectivity index is 1.46. The van der Waals surface area contributed by atoms with Crippen LogP contribution in [0.4, 0.5) is 5.13 Å². The minimum absolute atomic E-state index is 0.143. The van der Waals surface area contributed by atoms with Gasteiger partial charge in [-0.2, -0.15) is 4.31 Å². The molecule has 41 heavy (non-hydrogen) atoms. The van der Waals surface area contributed by atoms with Gasteiger partial charge in [0.1, 0.15) is 0 Å². The molecular weight excluding hydrogens is 553 g/mol. The summed E-state index contributed by atoms with van der Waals surface area (Å²) in [4.78, 5) is 25.0. The first-order valence-corrected chi connectivity index (χ1v) is 15.8. The van der Waals surface area contributed by atoms with E-state index in [1.807, 2.05) is 67.6 Å². The average molecular weight is 585 g/mol. The van der Waals surface area contributed by atoms with E-state index >= 15 is 0 Å². The van der Waals surface area contributed by atoms with Crippen LogP contribution in [0.15, 0.2) is 102 Å². The highest BCUT2D eigenvalue weighted by atomic mass is 32.2. The number of nitrogens with zero attached hydrogens (tertiary/aromatic N) is 4. The van der Waals surface area contributed by atoms with Crippen LogP contribution in [0, 0.1) is 0 Å². The SMILES string of the molecule is CCN(Cc1ccccc1)S(=O)(=O)c1ccc(C(=O)N(Cc2ccccn2)c2nc3c(C(C)C)cccc3s2)cc1. The Morgan fingerprint density at radius 2 is 1.61 bits per heavy atom. The van der Waals surface area contributed by atoms with Crippen molar-refractivity contribution in [1.29, 1.82) is 0 Å². The third-order valence-corrected chi connectivity index (χ3v) is 9.86. The summed E-state index contributed by atoms with van der Waals surface area (Å²) in [6, 6.07) is 27.3. The van der Waals surface area contributed by atoms with Crippen LogP contribution >= 0.6 is 11.3 Å². The van der Waals surface area contributed by atoms with Crippen LogP contribution in [0.3, 0.4) is 0 Å². The van der Waals surface area contributed by atoms with E-state index < -0.39 is 10.0 Å². The van der Waals surface area contributed by atoms with Gasteiger partial charge in [0, 0.05) is 24.8 Å². The van der Waals surface area contributed by atoms with Gasteiger partial charge in [0.25, 0.3) is 5.91 Å². The van der Waals surface area contributed by atoms with Crippen molar-refractivity contribution in [3.63, 3.8) is 0 Å². The van der Waals surface area contributed by atoms with Gasteiger partial charge in [-0.1, -0.05) is 80.6 Å². The Labute approximate surface area is 245 Å². The lowest BCUT2D eigenvalue weighted by molar-refractivity contribution is 0.0984. The highest BCUT2D eigenvalue weighted by molar-refractivity contribution is 7.89. The van der Waals surface area contributed by atoms with Crippen molar-refractivity contribution in [3.8, 4) is 0 Å². The Morgan fingerprint density at radius 1 is 0.878 bits per heavy atom. The molecule has 2 heterocycles. The molecule has 9 heteroatoms. The van der Waals surface area contributed by atoms with Crippen LogP contribution in [0.5, 0.6) is 0 Å². The number of hydrogen-bond acceptors (Lipinski definition) is 6. The third kappa shape index (κ3) is 6.22. The first kappa shape index (κ1) is 28.6. The number of aromatic nitrogens is 2. The lowest BCUT2D eigenvalue weighted by Crippen LogP contribution is -2.31. The number of carbonyl (C=O) groups is 1. The number of rotatable bonds is 10. The molecule has 7 nitrogen and oxygen atoms in total. The molecular formula is C32H32N4O3S2. The molecule has 5 rings (SSSR count). The maximum atomic E-state index is 13.9. The summed E-state index contributed by atoms with van der Waals surface area (Å²) in [5.74, 6) is 0.00838. The highest BCUT2D eigenvalue weighted by Gasteiger charge is 2.26. The van der Waals surface area contributed by atoms with Gasteiger partial charge in [-0.15, -0.1) is 0 Å². The molecule has 0 aliphatic heterocycles. The van der Waals surface area contributed by atoms with E-state index in [4.69, 9.17) is 4.98 Å². The van der Waals surface area contributed by atoms with E-state index in [0.717, 1.165) is 27.0 Å². The van der Waals surface area contributed by atoms with Gasteiger partial charge < -0.3 is 0 Å². The van der Waals surface area contributed by atoms with Gasteiger partial charge in [-0.3, -0.25) is 14.7 Å². The summed E-state index contributed by atoms with van der Waals surface area (Å²) in [7, 11) is -3.75. The number of sulfonamides is 1. The summed E-state index contributed by atoms with van der Waals surface area (Å²) in [6.07, 6.45) is 1.70. The fourth-order valence-corrected chi connectivity index (χ4v) is 7.08. The second kappa shape index (κ2) is 12.3. The van der Waals surface area contributed by atoms with Crippen LogP contribution in [-0.4, -0.2) is 35.1 Å². The molecule has 0 aliphatic carbocycles. The lowest BCUT2D eigenvalue weighted by atomic mass is 10.0. The van der Waals surface area contributed by atoms with Gasteiger partial charge in [-0.05, 0) is 59.5 Å². The van der Waals surface area contributed by atoms with Crippen molar-refractivity contribution in [2.75, 3.05) is 11.4 Å². The van der Waals surface area contributed by atoms with Gasteiger partial charge in [-0.25, -0.2) is 13.4 Å². The maximum absolute atomic E-state index is 13.9. The first-order chi connectivity index (χ1) is 19.8. The van der Waals surface area contributed by atoms with E-state index in [0.29, 0.717) is 17.2 Å². The average Bonchev–Trinajstić information content (AvgIpc) is 3.43. The molecule has 3 aromatic carbocycles. The second-order valence-corrected chi connectivity index (χ2v) is 12.9. The number of benzene rings is 3. The summed E-state index contributed by atoms with van der Waals surface area (Å²) in [5, 5.41) is 0.570. The Kier molecular flexibility index (Phi) is 8.58. The predicted molar refractivity (Wildman–Crippen MR) is 165 cm³/mol. The molecule has 5 aromatic rings. The topological polar surface area (TPSA) is 83.5 Å². The number of pyridine rings is 1. The van der Waals surface area contributed by atoms with Crippen molar-refractivity contribution >= 4 is 42.6 Å². The van der Waals surface area contributed by atoms with Crippen LogP contribution < -0.4 is 4.90 Å². The molecule has 0 bridgehead atoms. The Hall–Kier alpha value is -3.92. The maximum Gasteiger partial charge on any atom is 0.260 e. The fourth-order valence-electron chi connectivity index (χ4n) is 4.65. The summed E-state index contributed by atoms with van der Waals surface area (Å²) in [5.41, 5.74) is 4.02. The number of hydrogen-bond donors (Lipinski definition) is 0. The summed E-state index contributed by atoms with van der Waals surface area (Å²) >= 11 is 1.46. The zero-order valence-electron chi connectivity index (χ0n) is 23.3. The number of thiazole rings is 1. The van der Waals surface area contributed by atoms with Crippen LogP contribution in [0.25, 0.3) is 10.2 Å². The van der Waals surface area contributed by atoms with Crippen LogP contribution in [0.1, 0.15) is 53.9 Å². The predicted octanol–water partition coefficient (Wildman–Crippen LogP) is 6.87. The van der Waals surface area contributed by atoms with E-state index in [2.05, 4.69) is 24.9 Å². The summed E-state index contributed by atoms with van der Waals surface area (Å²) in [6.45, 7) is 6.90. The molecule has 0 aliphatic rings. The van der Waals surface area contributed by atoms with E-state index in [1.54, 1.807) is 23.2 Å². The molecule has 2 aromatic heterocycles. The molecule has 0 saturated heterocycles.